The lowest BCUT2D eigenvalue weighted by atomic mass is 9.89. The van der Waals surface area contributed by atoms with Gasteiger partial charge in [-0.05, 0) is 74.8 Å². The van der Waals surface area contributed by atoms with Gasteiger partial charge in [-0.2, -0.15) is 4.31 Å². The number of hydrogen-bond donors (Lipinski definition) is 0. The molecule has 2 aliphatic heterocycles. The maximum absolute atomic E-state index is 13.3. The third-order valence-corrected chi connectivity index (χ3v) is 11.6. The number of aromatic nitrogens is 2. The lowest BCUT2D eigenvalue weighted by Gasteiger charge is -2.36. The first kappa shape index (κ1) is 25.7. The highest BCUT2D eigenvalue weighted by molar-refractivity contribution is 7.89. The average molecular weight is 554 g/mol. The molecule has 6 rings (SSSR count). The fourth-order valence-corrected chi connectivity index (χ4v) is 9.18. The van der Waals surface area contributed by atoms with Crippen molar-refractivity contribution in [3.63, 3.8) is 0 Å². The van der Waals surface area contributed by atoms with Gasteiger partial charge in [0.2, 0.25) is 10.0 Å². The van der Waals surface area contributed by atoms with E-state index in [0.717, 1.165) is 42.8 Å². The first-order chi connectivity index (χ1) is 18.3. The number of rotatable bonds is 4. The number of sulfonamides is 1. The number of anilines is 1. The third-order valence-electron chi connectivity index (χ3n) is 8.39. The summed E-state index contributed by atoms with van der Waals surface area (Å²) < 4.78 is 27.9. The Hall–Kier alpha value is -2.56. The highest BCUT2D eigenvalue weighted by Crippen LogP contribution is 2.40. The van der Waals surface area contributed by atoms with E-state index in [4.69, 9.17) is 4.98 Å². The van der Waals surface area contributed by atoms with Crippen LogP contribution >= 0.6 is 11.3 Å². The van der Waals surface area contributed by atoms with Crippen molar-refractivity contribution in [3.8, 4) is 0 Å². The summed E-state index contributed by atoms with van der Waals surface area (Å²) in [5.74, 6) is 1.65. The Labute approximate surface area is 228 Å². The van der Waals surface area contributed by atoms with Crippen molar-refractivity contribution in [2.24, 2.45) is 5.92 Å². The number of nitrogens with zero attached hydrogens (tertiary/aromatic N) is 5. The van der Waals surface area contributed by atoms with Crippen LogP contribution in [0.4, 0.5) is 5.82 Å². The first-order valence-electron chi connectivity index (χ1n) is 13.7. The Morgan fingerprint density at radius 3 is 2.47 bits per heavy atom. The molecule has 3 aromatic rings. The summed E-state index contributed by atoms with van der Waals surface area (Å²) in [6.07, 6.45) is 7.90. The molecule has 202 valence electrons. The van der Waals surface area contributed by atoms with E-state index in [0.29, 0.717) is 44.2 Å². The van der Waals surface area contributed by atoms with Crippen LogP contribution in [0.2, 0.25) is 0 Å². The van der Waals surface area contributed by atoms with E-state index in [-0.39, 0.29) is 16.8 Å². The Morgan fingerprint density at radius 1 is 0.974 bits per heavy atom. The van der Waals surface area contributed by atoms with Crippen molar-refractivity contribution in [2.45, 2.75) is 63.3 Å². The highest BCUT2D eigenvalue weighted by atomic mass is 32.2. The number of aryl methyl sites for hydroxylation is 1. The van der Waals surface area contributed by atoms with Gasteiger partial charge in [0.1, 0.15) is 17.0 Å². The zero-order chi connectivity index (χ0) is 26.4. The van der Waals surface area contributed by atoms with Gasteiger partial charge in [0.05, 0.1) is 10.3 Å². The van der Waals surface area contributed by atoms with Crippen LogP contribution in [0.15, 0.2) is 35.5 Å². The van der Waals surface area contributed by atoms with Crippen LogP contribution in [0.3, 0.4) is 0 Å². The second-order valence-corrected chi connectivity index (χ2v) is 14.0. The number of thiophene rings is 1. The van der Waals surface area contributed by atoms with Crippen molar-refractivity contribution in [3.05, 3.63) is 46.6 Å². The smallest absolute Gasteiger partial charge is 0.253 e. The van der Waals surface area contributed by atoms with Gasteiger partial charge < -0.3 is 9.80 Å². The molecule has 0 N–H and O–H groups in total. The van der Waals surface area contributed by atoms with Gasteiger partial charge in [-0.15, -0.1) is 11.3 Å². The Bertz CT molecular complexity index is 1450. The van der Waals surface area contributed by atoms with E-state index in [2.05, 4.69) is 16.8 Å². The predicted molar refractivity (Wildman–Crippen MR) is 150 cm³/mol. The summed E-state index contributed by atoms with van der Waals surface area (Å²) >= 11 is 1.81. The molecule has 4 heterocycles. The fourth-order valence-electron chi connectivity index (χ4n) is 6.14. The second kappa shape index (κ2) is 10.2. The summed E-state index contributed by atoms with van der Waals surface area (Å²) in [6, 6.07) is 6.48. The summed E-state index contributed by atoms with van der Waals surface area (Å²) in [7, 11) is -3.55. The van der Waals surface area contributed by atoms with E-state index in [1.165, 1.54) is 22.2 Å². The predicted octanol–water partition coefficient (Wildman–Crippen LogP) is 4.34. The molecule has 0 unspecified atom stereocenters. The van der Waals surface area contributed by atoms with Gasteiger partial charge in [0.25, 0.3) is 5.91 Å². The van der Waals surface area contributed by atoms with E-state index >= 15 is 0 Å². The Morgan fingerprint density at radius 2 is 1.74 bits per heavy atom. The molecule has 38 heavy (non-hydrogen) atoms. The largest absolute Gasteiger partial charge is 0.352 e. The number of benzene rings is 1. The van der Waals surface area contributed by atoms with Crippen molar-refractivity contribution in [2.75, 3.05) is 37.6 Å². The minimum atomic E-state index is -3.55. The number of hydrogen-bond acceptors (Lipinski definition) is 7. The van der Waals surface area contributed by atoms with Crippen LogP contribution in [0.5, 0.6) is 0 Å². The quantitative estimate of drug-likeness (QED) is 0.478. The molecule has 8 nitrogen and oxygen atoms in total. The number of piperazine rings is 1. The van der Waals surface area contributed by atoms with E-state index in [1.54, 1.807) is 34.9 Å². The summed E-state index contributed by atoms with van der Waals surface area (Å²) in [6.45, 7) is 7.45. The minimum absolute atomic E-state index is 0.00520. The molecule has 0 spiro atoms. The van der Waals surface area contributed by atoms with Gasteiger partial charge in [0, 0.05) is 49.2 Å². The van der Waals surface area contributed by atoms with Crippen LogP contribution in [0, 0.1) is 5.92 Å². The number of amides is 1. The molecule has 2 atom stereocenters. The third kappa shape index (κ3) is 4.60. The standard InChI is InChI=1S/C28H35N5O3S2/c1-19-6-11-23-24(17-19)37-27-25(23)26(29-18-30-27)31-13-15-32(16-14-31)28(34)21-7-9-22(10-8-21)38(35,36)33-12-4-3-5-20(33)2/h7-10,18-20H,3-6,11-17H2,1-2H3/t19-,20-/m1/s1. The normalized spacial score (nSPS) is 23.0. The maximum atomic E-state index is 13.3. The van der Waals surface area contributed by atoms with Crippen molar-refractivity contribution in [1.29, 1.82) is 0 Å². The summed E-state index contributed by atoms with van der Waals surface area (Å²) in [5, 5.41) is 1.21. The average Bonchev–Trinajstić information content (AvgIpc) is 3.30. The molecule has 3 aliphatic rings. The number of piperidine rings is 1. The Balaban J connectivity index is 1.14. The molecule has 1 amide bonds. The number of fused-ring (bicyclic) bond motifs is 3. The summed E-state index contributed by atoms with van der Waals surface area (Å²) in [5.41, 5.74) is 1.95. The molecule has 2 saturated heterocycles. The number of carbonyl (C=O) groups excluding carboxylic acids is 1. The SMILES string of the molecule is C[C@@H]1CCc2c(sc3ncnc(N4CCN(C(=O)c5ccc(S(=O)(=O)N6CCCC[C@H]6C)cc5)CC4)c23)C1. The van der Waals surface area contributed by atoms with Crippen molar-refractivity contribution in [1.82, 2.24) is 19.2 Å². The van der Waals surface area contributed by atoms with Crippen molar-refractivity contribution >= 4 is 43.3 Å². The highest BCUT2D eigenvalue weighted by Gasteiger charge is 2.32. The van der Waals surface area contributed by atoms with Crippen LogP contribution in [-0.4, -0.2) is 72.3 Å². The maximum Gasteiger partial charge on any atom is 0.253 e. The summed E-state index contributed by atoms with van der Waals surface area (Å²) in [4.78, 5) is 29.5. The first-order valence-corrected chi connectivity index (χ1v) is 16.0. The molecular weight excluding hydrogens is 518 g/mol. The van der Waals surface area contributed by atoms with E-state index in [9.17, 15) is 13.2 Å². The Kier molecular flexibility index (Phi) is 6.90. The monoisotopic (exact) mass is 553 g/mol. The minimum Gasteiger partial charge on any atom is -0.352 e. The molecule has 0 saturated carbocycles. The lowest BCUT2D eigenvalue weighted by Crippen LogP contribution is -2.49. The fraction of sp³-hybridized carbons (Fsp3) is 0.536. The van der Waals surface area contributed by atoms with Gasteiger partial charge in [-0.25, -0.2) is 18.4 Å². The molecular formula is C28H35N5O3S2. The molecule has 0 radical (unpaired) electrons. The molecule has 1 aliphatic carbocycles. The van der Waals surface area contributed by atoms with Crippen LogP contribution in [0.1, 0.15) is 60.3 Å². The van der Waals surface area contributed by atoms with Gasteiger partial charge in [-0.1, -0.05) is 13.3 Å². The van der Waals surface area contributed by atoms with Gasteiger partial charge in [-0.3, -0.25) is 4.79 Å². The number of carbonyl (C=O) groups is 1. The van der Waals surface area contributed by atoms with Gasteiger partial charge >= 0.3 is 0 Å². The van der Waals surface area contributed by atoms with Crippen LogP contribution in [0.25, 0.3) is 10.2 Å². The molecule has 10 heteroatoms. The van der Waals surface area contributed by atoms with Gasteiger partial charge in [0.15, 0.2) is 0 Å². The van der Waals surface area contributed by atoms with E-state index < -0.39 is 10.0 Å². The van der Waals surface area contributed by atoms with E-state index in [1.807, 2.05) is 23.2 Å². The van der Waals surface area contributed by atoms with Crippen LogP contribution in [-0.2, 0) is 22.9 Å². The lowest BCUT2D eigenvalue weighted by molar-refractivity contribution is 0.0746. The zero-order valence-corrected chi connectivity index (χ0v) is 23.7. The molecule has 2 fully saturated rings. The molecule has 2 aromatic heterocycles. The zero-order valence-electron chi connectivity index (χ0n) is 22.1. The topological polar surface area (TPSA) is 86.7 Å². The second-order valence-electron chi connectivity index (χ2n) is 11.0. The molecule has 0 bridgehead atoms. The molecule has 1 aromatic carbocycles. The van der Waals surface area contributed by atoms with Crippen molar-refractivity contribution < 1.29 is 13.2 Å². The van der Waals surface area contributed by atoms with Crippen LogP contribution < -0.4 is 4.90 Å².